The summed E-state index contributed by atoms with van der Waals surface area (Å²) in [6.07, 6.45) is 1.50. The van der Waals surface area contributed by atoms with E-state index in [-0.39, 0.29) is 17.4 Å². The number of benzene rings is 2. The molecule has 0 atom stereocenters. The van der Waals surface area contributed by atoms with E-state index in [9.17, 15) is 9.18 Å². The van der Waals surface area contributed by atoms with Crippen LogP contribution in [0.3, 0.4) is 0 Å². The summed E-state index contributed by atoms with van der Waals surface area (Å²) in [6, 6.07) is 17.0. The van der Waals surface area contributed by atoms with Gasteiger partial charge in [0.2, 0.25) is 5.88 Å². The molecule has 2 aromatic carbocycles. The SMILES string of the molecule is CC(=O)c1cnn(-c2cc(Oc3ccccc3F)nc(-c3ccccc3)n2)c1C. The second-order valence-corrected chi connectivity index (χ2v) is 6.40. The van der Waals surface area contributed by atoms with E-state index in [1.807, 2.05) is 30.3 Å². The van der Waals surface area contributed by atoms with Gasteiger partial charge in [-0.1, -0.05) is 42.5 Å². The van der Waals surface area contributed by atoms with Gasteiger partial charge in [0.05, 0.1) is 17.5 Å². The molecule has 4 aromatic rings. The maximum absolute atomic E-state index is 14.1. The molecule has 0 N–H and O–H groups in total. The maximum atomic E-state index is 14.1. The lowest BCUT2D eigenvalue weighted by molar-refractivity contribution is 0.101. The molecule has 0 radical (unpaired) electrons. The molecular weight excluding hydrogens is 371 g/mol. The van der Waals surface area contributed by atoms with Crippen LogP contribution in [0.4, 0.5) is 4.39 Å². The van der Waals surface area contributed by atoms with E-state index >= 15 is 0 Å². The van der Waals surface area contributed by atoms with Gasteiger partial charge < -0.3 is 4.74 Å². The molecule has 2 aromatic heterocycles. The largest absolute Gasteiger partial charge is 0.436 e. The highest BCUT2D eigenvalue weighted by Gasteiger charge is 2.16. The Kier molecular flexibility index (Phi) is 4.87. The Balaban J connectivity index is 1.85. The van der Waals surface area contributed by atoms with E-state index in [4.69, 9.17) is 4.74 Å². The zero-order valence-corrected chi connectivity index (χ0v) is 15.8. The Hall–Kier alpha value is -3.87. The summed E-state index contributed by atoms with van der Waals surface area (Å²) in [5.41, 5.74) is 1.91. The number of nitrogens with zero attached hydrogens (tertiary/aromatic N) is 4. The molecule has 4 rings (SSSR count). The number of ether oxygens (including phenoxy) is 1. The number of carbonyl (C=O) groups excluding carboxylic acids is 1. The van der Waals surface area contributed by atoms with Crippen LogP contribution >= 0.6 is 0 Å². The van der Waals surface area contributed by atoms with Crippen LogP contribution in [0.5, 0.6) is 11.6 Å². The van der Waals surface area contributed by atoms with Gasteiger partial charge in [-0.3, -0.25) is 4.79 Å². The van der Waals surface area contributed by atoms with Crippen LogP contribution in [-0.2, 0) is 0 Å². The number of halogens is 1. The molecule has 144 valence electrons. The van der Waals surface area contributed by atoms with Crippen LogP contribution in [0.1, 0.15) is 23.0 Å². The molecule has 6 nitrogen and oxygen atoms in total. The van der Waals surface area contributed by atoms with Crippen LogP contribution in [0.15, 0.2) is 66.9 Å². The van der Waals surface area contributed by atoms with Crippen molar-refractivity contribution in [1.29, 1.82) is 0 Å². The monoisotopic (exact) mass is 388 g/mol. The molecule has 0 fully saturated rings. The van der Waals surface area contributed by atoms with Crippen LogP contribution in [0, 0.1) is 12.7 Å². The number of carbonyl (C=O) groups is 1. The quantitative estimate of drug-likeness (QED) is 0.461. The zero-order chi connectivity index (χ0) is 20.4. The van der Waals surface area contributed by atoms with E-state index in [0.717, 1.165) is 5.56 Å². The Morgan fingerprint density at radius 1 is 1.03 bits per heavy atom. The second kappa shape index (κ2) is 7.63. The minimum atomic E-state index is -0.497. The van der Waals surface area contributed by atoms with Gasteiger partial charge in [0.15, 0.2) is 29.0 Å². The summed E-state index contributed by atoms with van der Waals surface area (Å²) in [5, 5.41) is 4.28. The number of para-hydroxylation sites is 1. The Morgan fingerprint density at radius 2 is 1.76 bits per heavy atom. The molecule has 0 aliphatic rings. The number of ketones is 1. The Bertz CT molecular complexity index is 1190. The van der Waals surface area contributed by atoms with Gasteiger partial charge in [-0.25, -0.2) is 14.1 Å². The van der Waals surface area contributed by atoms with Crippen LogP contribution in [-0.4, -0.2) is 25.5 Å². The molecule has 7 heteroatoms. The predicted octanol–water partition coefficient (Wildman–Crippen LogP) is 4.77. The number of Topliss-reactive ketones (excluding diaryl/α,β-unsaturated/α-hetero) is 1. The summed E-state index contributed by atoms with van der Waals surface area (Å²) < 4.78 is 21.3. The molecule has 0 amide bonds. The molecule has 0 saturated heterocycles. The van der Waals surface area contributed by atoms with Gasteiger partial charge >= 0.3 is 0 Å². The van der Waals surface area contributed by atoms with Crippen molar-refractivity contribution in [3.8, 4) is 28.8 Å². The maximum Gasteiger partial charge on any atom is 0.225 e. The van der Waals surface area contributed by atoms with Crippen molar-refractivity contribution in [3.63, 3.8) is 0 Å². The second-order valence-electron chi connectivity index (χ2n) is 6.40. The normalized spacial score (nSPS) is 10.7. The van der Waals surface area contributed by atoms with E-state index < -0.39 is 5.82 Å². The van der Waals surface area contributed by atoms with Gasteiger partial charge in [0, 0.05) is 11.6 Å². The van der Waals surface area contributed by atoms with Gasteiger partial charge in [-0.2, -0.15) is 10.1 Å². The average Bonchev–Trinajstić information content (AvgIpc) is 3.12. The molecule has 0 spiro atoms. The topological polar surface area (TPSA) is 69.9 Å². The van der Waals surface area contributed by atoms with Crippen LogP contribution < -0.4 is 4.74 Å². The van der Waals surface area contributed by atoms with E-state index in [0.29, 0.717) is 22.9 Å². The van der Waals surface area contributed by atoms with Crippen molar-refractivity contribution in [2.45, 2.75) is 13.8 Å². The van der Waals surface area contributed by atoms with E-state index in [1.165, 1.54) is 25.3 Å². The molecule has 2 heterocycles. The first-order valence-corrected chi connectivity index (χ1v) is 8.96. The molecule has 29 heavy (non-hydrogen) atoms. The molecule has 0 saturated carbocycles. The van der Waals surface area contributed by atoms with Gasteiger partial charge in [0.25, 0.3) is 0 Å². The molecular formula is C22H17FN4O2. The number of rotatable bonds is 5. The fourth-order valence-corrected chi connectivity index (χ4v) is 2.92. The molecule has 0 aliphatic heterocycles. The first kappa shape index (κ1) is 18.5. The third-order valence-electron chi connectivity index (χ3n) is 4.38. The third kappa shape index (κ3) is 3.75. The molecule has 0 aliphatic carbocycles. The highest BCUT2D eigenvalue weighted by molar-refractivity contribution is 5.95. The minimum absolute atomic E-state index is 0.0535. The lowest BCUT2D eigenvalue weighted by Gasteiger charge is -2.11. The van der Waals surface area contributed by atoms with Crippen molar-refractivity contribution in [2.24, 2.45) is 0 Å². The highest BCUT2D eigenvalue weighted by atomic mass is 19.1. The predicted molar refractivity (Wildman–Crippen MR) is 106 cm³/mol. The lowest BCUT2D eigenvalue weighted by atomic mass is 10.2. The third-order valence-corrected chi connectivity index (χ3v) is 4.38. The summed E-state index contributed by atoms with van der Waals surface area (Å²) in [5.74, 6) is 0.442. The number of hydrogen-bond acceptors (Lipinski definition) is 5. The first-order chi connectivity index (χ1) is 14.0. The number of aromatic nitrogens is 4. The van der Waals surface area contributed by atoms with Crippen LogP contribution in [0.25, 0.3) is 17.2 Å². The Labute approximate surface area is 166 Å². The average molecular weight is 388 g/mol. The zero-order valence-electron chi connectivity index (χ0n) is 15.8. The summed E-state index contributed by atoms with van der Waals surface area (Å²) in [6.45, 7) is 3.27. The Morgan fingerprint density at radius 3 is 2.45 bits per heavy atom. The van der Waals surface area contributed by atoms with Crippen LogP contribution in [0.2, 0.25) is 0 Å². The highest BCUT2D eigenvalue weighted by Crippen LogP contribution is 2.27. The van der Waals surface area contributed by atoms with Crippen molar-refractivity contribution in [1.82, 2.24) is 19.7 Å². The van der Waals surface area contributed by atoms with Gasteiger partial charge in [-0.05, 0) is 26.0 Å². The number of hydrogen-bond donors (Lipinski definition) is 0. The minimum Gasteiger partial charge on any atom is -0.436 e. The fourth-order valence-electron chi connectivity index (χ4n) is 2.92. The summed E-state index contributed by atoms with van der Waals surface area (Å²) in [7, 11) is 0. The summed E-state index contributed by atoms with van der Waals surface area (Å²) >= 11 is 0. The van der Waals surface area contributed by atoms with E-state index in [1.54, 1.807) is 29.8 Å². The standard InChI is InChI=1S/C22H17FN4O2/c1-14-17(15(2)28)13-24-27(14)20-12-21(29-19-11-7-6-10-18(19)23)26-22(25-20)16-8-4-3-5-9-16/h3-13H,1-2H3. The molecule has 0 bridgehead atoms. The first-order valence-electron chi connectivity index (χ1n) is 8.96. The molecule has 0 unspecified atom stereocenters. The van der Waals surface area contributed by atoms with Gasteiger partial charge in [0.1, 0.15) is 0 Å². The van der Waals surface area contributed by atoms with Crippen molar-refractivity contribution >= 4 is 5.78 Å². The lowest BCUT2D eigenvalue weighted by Crippen LogP contribution is -2.06. The summed E-state index contributed by atoms with van der Waals surface area (Å²) in [4.78, 5) is 20.8. The van der Waals surface area contributed by atoms with E-state index in [2.05, 4.69) is 15.1 Å². The van der Waals surface area contributed by atoms with Crippen molar-refractivity contribution in [2.75, 3.05) is 0 Å². The fraction of sp³-hybridized carbons (Fsp3) is 0.0909. The van der Waals surface area contributed by atoms with Crippen molar-refractivity contribution in [3.05, 3.63) is 83.9 Å². The smallest absolute Gasteiger partial charge is 0.225 e. The van der Waals surface area contributed by atoms with Crippen molar-refractivity contribution < 1.29 is 13.9 Å². The van der Waals surface area contributed by atoms with Gasteiger partial charge in [-0.15, -0.1) is 0 Å².